The molecule has 2 aromatic carbocycles. The van der Waals surface area contributed by atoms with E-state index in [1.54, 1.807) is 24.3 Å². The lowest BCUT2D eigenvalue weighted by molar-refractivity contribution is -0.148. The molecule has 0 radical (unpaired) electrons. The Morgan fingerprint density at radius 1 is 1.15 bits per heavy atom. The predicted molar refractivity (Wildman–Crippen MR) is 118 cm³/mol. The van der Waals surface area contributed by atoms with Crippen molar-refractivity contribution < 1.29 is 43.5 Å². The number of amides is 1. The van der Waals surface area contributed by atoms with Crippen LogP contribution in [0.2, 0.25) is 0 Å². The number of ether oxygens (including phenoxy) is 4. The van der Waals surface area contributed by atoms with Crippen LogP contribution in [-0.4, -0.2) is 72.3 Å². The number of Topliss-reactive ketones (excluding diaryl/α,β-unsaturated/α-hetero) is 1. The number of aliphatic hydroxyl groups excluding tert-OH is 1. The van der Waals surface area contributed by atoms with Crippen LogP contribution in [0.3, 0.4) is 0 Å². The Morgan fingerprint density at radius 2 is 1.91 bits per heavy atom. The number of hydrogen-bond acceptors (Lipinski definition) is 8. The lowest BCUT2D eigenvalue weighted by Crippen LogP contribution is -2.42. The van der Waals surface area contributed by atoms with Gasteiger partial charge in [0.1, 0.15) is 17.5 Å². The molecule has 0 unspecified atom stereocenters. The molecule has 1 saturated heterocycles. The molecule has 2 aliphatic heterocycles. The minimum atomic E-state index is -1.18. The molecule has 34 heavy (non-hydrogen) atoms. The summed E-state index contributed by atoms with van der Waals surface area (Å²) in [6.07, 6.45) is 0.671. The topological polar surface area (TPSA) is 132 Å². The molecule has 10 heteroatoms. The molecule has 178 valence electrons. The zero-order chi connectivity index (χ0) is 24.4. The van der Waals surface area contributed by atoms with Gasteiger partial charge in [0, 0.05) is 19.0 Å². The molecule has 2 N–H and O–H groups in total. The third-order valence-corrected chi connectivity index (χ3v) is 5.59. The third kappa shape index (κ3) is 4.53. The van der Waals surface area contributed by atoms with Gasteiger partial charge in [-0.3, -0.25) is 9.59 Å². The van der Waals surface area contributed by atoms with Gasteiger partial charge >= 0.3 is 5.97 Å². The first-order valence-electron chi connectivity index (χ1n) is 10.4. The monoisotopic (exact) mass is 469 g/mol. The maximum Gasteiger partial charge on any atom is 0.326 e. The fraction of sp³-hybridized carbons (Fsp3) is 0.292. The van der Waals surface area contributed by atoms with Crippen LogP contribution >= 0.6 is 0 Å². The molecule has 2 heterocycles. The summed E-state index contributed by atoms with van der Waals surface area (Å²) in [5.41, 5.74) is 1.02. The van der Waals surface area contributed by atoms with Crippen molar-refractivity contribution in [1.82, 2.24) is 4.90 Å². The number of carboxylic acids is 1. The van der Waals surface area contributed by atoms with Crippen LogP contribution in [0, 0.1) is 0 Å². The van der Waals surface area contributed by atoms with Crippen molar-refractivity contribution in [3.63, 3.8) is 0 Å². The number of hydrogen-bond donors (Lipinski definition) is 2. The summed E-state index contributed by atoms with van der Waals surface area (Å²) in [7, 11) is 3.05. The van der Waals surface area contributed by atoms with Crippen molar-refractivity contribution in [1.29, 1.82) is 0 Å². The number of β-amino-alcohol motifs (C(OH)–C–C–N with tert-alkyl or cyclic N) is 1. The number of fused-ring (bicyclic) bond motifs is 1. The number of allylic oxidation sites excluding steroid dienone is 1. The second-order valence-electron chi connectivity index (χ2n) is 7.79. The number of rotatable bonds is 7. The molecular weight excluding hydrogens is 446 g/mol. The molecule has 2 aliphatic rings. The van der Waals surface area contributed by atoms with Gasteiger partial charge in [-0.25, -0.2) is 4.79 Å². The highest BCUT2D eigenvalue weighted by Crippen LogP contribution is 2.36. The number of aliphatic hydroxyl groups is 1. The summed E-state index contributed by atoms with van der Waals surface area (Å²) < 4.78 is 21.7. The first-order chi connectivity index (χ1) is 16.3. The van der Waals surface area contributed by atoms with Gasteiger partial charge in [-0.05, 0) is 35.9 Å². The molecule has 1 amide bonds. The summed E-state index contributed by atoms with van der Waals surface area (Å²) in [6, 6.07) is 8.65. The largest absolute Gasteiger partial charge is 0.493 e. The third-order valence-electron chi connectivity index (χ3n) is 5.59. The van der Waals surface area contributed by atoms with Crippen molar-refractivity contribution in [2.75, 3.05) is 27.4 Å². The van der Waals surface area contributed by atoms with Crippen LogP contribution in [-0.2, 0) is 9.59 Å². The Labute approximate surface area is 194 Å². The zero-order valence-corrected chi connectivity index (χ0v) is 18.5. The quantitative estimate of drug-likeness (QED) is 0.582. The average molecular weight is 469 g/mol. The summed E-state index contributed by atoms with van der Waals surface area (Å²) in [6.45, 7) is -0.483. The first-order valence-corrected chi connectivity index (χ1v) is 10.4. The maximum absolute atomic E-state index is 12.7. The minimum absolute atomic E-state index is 0.0228. The Kier molecular flexibility index (Phi) is 6.42. The first kappa shape index (κ1) is 23.1. The number of benzene rings is 2. The van der Waals surface area contributed by atoms with Crippen molar-refractivity contribution in [3.8, 4) is 23.0 Å². The molecule has 2 aromatic rings. The highest BCUT2D eigenvalue weighted by Gasteiger charge is 2.39. The highest BCUT2D eigenvalue weighted by molar-refractivity contribution is 6.14. The minimum Gasteiger partial charge on any atom is -0.493 e. The van der Waals surface area contributed by atoms with E-state index in [2.05, 4.69) is 0 Å². The molecule has 4 rings (SSSR count). The SMILES string of the molecule is COc1ccc(/C=C2\Oc3cc(OCC(=O)N4C[C@@H](O)C[C@H]4C(=O)O)ccc3C2=O)cc1OC. The van der Waals surface area contributed by atoms with E-state index in [9.17, 15) is 24.6 Å². The number of carbonyl (C=O) groups excluding carboxylic acids is 2. The summed E-state index contributed by atoms with van der Waals surface area (Å²) in [4.78, 5) is 37.6. The normalized spacial score (nSPS) is 20.1. The van der Waals surface area contributed by atoms with Gasteiger partial charge in [0.05, 0.1) is 25.9 Å². The lowest BCUT2D eigenvalue weighted by Gasteiger charge is -2.21. The molecule has 0 aliphatic carbocycles. The van der Waals surface area contributed by atoms with Crippen LogP contribution < -0.4 is 18.9 Å². The van der Waals surface area contributed by atoms with Gasteiger partial charge in [0.25, 0.3) is 5.91 Å². The number of methoxy groups -OCH3 is 2. The number of carbonyl (C=O) groups is 3. The van der Waals surface area contributed by atoms with Crippen LogP contribution in [0.4, 0.5) is 0 Å². The number of carboxylic acid groups (broad SMARTS) is 1. The Morgan fingerprint density at radius 3 is 2.62 bits per heavy atom. The van der Waals surface area contributed by atoms with Gasteiger partial charge in [-0.2, -0.15) is 0 Å². The van der Waals surface area contributed by atoms with E-state index < -0.39 is 30.6 Å². The van der Waals surface area contributed by atoms with Gasteiger partial charge in [-0.1, -0.05) is 6.07 Å². The summed E-state index contributed by atoms with van der Waals surface area (Å²) in [5, 5.41) is 18.9. The van der Waals surface area contributed by atoms with Crippen molar-refractivity contribution >= 4 is 23.7 Å². The van der Waals surface area contributed by atoms with E-state index >= 15 is 0 Å². The smallest absolute Gasteiger partial charge is 0.326 e. The fourth-order valence-electron chi connectivity index (χ4n) is 3.90. The average Bonchev–Trinajstić information content (AvgIpc) is 3.37. The van der Waals surface area contributed by atoms with Crippen LogP contribution in [0.25, 0.3) is 6.08 Å². The van der Waals surface area contributed by atoms with Gasteiger partial charge in [0.15, 0.2) is 23.9 Å². The van der Waals surface area contributed by atoms with Crippen molar-refractivity contribution in [2.45, 2.75) is 18.6 Å². The molecule has 2 atom stereocenters. The Balaban J connectivity index is 1.45. The molecule has 0 spiro atoms. The molecular formula is C24H23NO9. The Bertz CT molecular complexity index is 1170. The molecule has 0 saturated carbocycles. The number of nitrogens with zero attached hydrogens (tertiary/aromatic N) is 1. The van der Waals surface area contributed by atoms with E-state index in [4.69, 9.17) is 18.9 Å². The standard InChI is InChI=1S/C24H23NO9/c1-31-18-6-3-13(7-20(18)32-2)8-21-23(28)16-5-4-15(10-19(16)34-21)33-12-22(27)25-11-14(26)9-17(25)24(29)30/h3-8,10,14,17,26H,9,11-12H2,1-2H3,(H,29,30)/b21-8-/t14-,17-/m0/s1. The summed E-state index contributed by atoms with van der Waals surface area (Å²) >= 11 is 0. The van der Waals surface area contributed by atoms with Crippen molar-refractivity contribution in [2.24, 2.45) is 0 Å². The van der Waals surface area contributed by atoms with Crippen molar-refractivity contribution in [3.05, 3.63) is 53.3 Å². The Hall–Kier alpha value is -4.05. The fourth-order valence-corrected chi connectivity index (χ4v) is 3.90. The number of aliphatic carboxylic acids is 1. The van der Waals surface area contributed by atoms with Gasteiger partial charge < -0.3 is 34.1 Å². The van der Waals surface area contributed by atoms with Gasteiger partial charge in [0.2, 0.25) is 5.78 Å². The molecule has 0 bridgehead atoms. The predicted octanol–water partition coefficient (Wildman–Crippen LogP) is 1.75. The van der Waals surface area contributed by atoms with Crippen LogP contribution in [0.5, 0.6) is 23.0 Å². The second kappa shape index (κ2) is 9.44. The van der Waals surface area contributed by atoms with Crippen LogP contribution in [0.1, 0.15) is 22.3 Å². The molecule has 10 nitrogen and oxygen atoms in total. The van der Waals surface area contributed by atoms with Crippen LogP contribution in [0.15, 0.2) is 42.2 Å². The second-order valence-corrected chi connectivity index (χ2v) is 7.79. The van der Waals surface area contributed by atoms with E-state index in [0.29, 0.717) is 22.6 Å². The van der Waals surface area contributed by atoms with E-state index in [1.165, 1.54) is 32.4 Å². The maximum atomic E-state index is 12.7. The molecule has 0 aromatic heterocycles. The van der Waals surface area contributed by atoms with Gasteiger partial charge in [-0.15, -0.1) is 0 Å². The highest BCUT2D eigenvalue weighted by atomic mass is 16.5. The summed E-state index contributed by atoms with van der Waals surface area (Å²) in [5.74, 6) is -0.301. The molecule has 1 fully saturated rings. The number of likely N-dealkylation sites (tertiary alicyclic amines) is 1. The van der Waals surface area contributed by atoms with E-state index in [0.717, 1.165) is 4.90 Å². The number of ketones is 1. The lowest BCUT2D eigenvalue weighted by atomic mass is 10.1. The van der Waals surface area contributed by atoms with E-state index in [1.807, 2.05) is 0 Å². The van der Waals surface area contributed by atoms with E-state index in [-0.39, 0.29) is 36.0 Å². The zero-order valence-electron chi connectivity index (χ0n) is 18.5.